The molecule has 0 radical (unpaired) electrons. The highest BCUT2D eigenvalue weighted by atomic mass is 79.9. The van der Waals surface area contributed by atoms with Gasteiger partial charge in [0.25, 0.3) is 0 Å². The van der Waals surface area contributed by atoms with Crippen LogP contribution < -0.4 is 0 Å². The highest BCUT2D eigenvalue weighted by Crippen LogP contribution is 2.29. The average molecular weight is 344 g/mol. The minimum atomic E-state index is 0.0768. The molecule has 0 spiro atoms. The summed E-state index contributed by atoms with van der Waals surface area (Å²) in [5.41, 5.74) is 2.04. The van der Waals surface area contributed by atoms with Gasteiger partial charge in [-0.05, 0) is 35.4 Å². The summed E-state index contributed by atoms with van der Waals surface area (Å²) in [6.45, 7) is 0.0768. The van der Waals surface area contributed by atoms with Crippen LogP contribution in [-0.2, 0) is 12.4 Å². The van der Waals surface area contributed by atoms with E-state index < -0.39 is 0 Å². The van der Waals surface area contributed by atoms with Crippen molar-refractivity contribution < 1.29 is 5.11 Å². The fourth-order valence-corrected chi connectivity index (χ4v) is 3.34. The molecular weight excluding hydrogens is 332 g/mol. The first-order chi connectivity index (χ1) is 8.69. The Bertz CT molecular complexity index is 545. The highest BCUT2D eigenvalue weighted by molar-refractivity contribution is 9.10. The molecule has 2 aromatic carbocycles. The molecule has 0 saturated heterocycles. The van der Waals surface area contributed by atoms with Gasteiger partial charge in [-0.2, -0.15) is 0 Å². The SMILES string of the molecule is OCc1cccc(SCc2ccc(Br)cc2Cl)c1. The molecule has 0 amide bonds. The van der Waals surface area contributed by atoms with Crippen LogP contribution in [0.4, 0.5) is 0 Å². The van der Waals surface area contributed by atoms with Crippen molar-refractivity contribution in [2.24, 2.45) is 0 Å². The van der Waals surface area contributed by atoms with Crippen molar-refractivity contribution in [3.63, 3.8) is 0 Å². The molecule has 0 unspecified atom stereocenters. The molecule has 2 rings (SSSR count). The van der Waals surface area contributed by atoms with Crippen LogP contribution in [0.5, 0.6) is 0 Å². The Balaban J connectivity index is 2.06. The van der Waals surface area contributed by atoms with E-state index in [1.807, 2.05) is 42.5 Å². The Morgan fingerprint density at radius 3 is 2.72 bits per heavy atom. The van der Waals surface area contributed by atoms with Gasteiger partial charge in [0.2, 0.25) is 0 Å². The molecule has 0 bridgehead atoms. The Morgan fingerprint density at radius 2 is 2.00 bits per heavy atom. The first-order valence-corrected chi connectivity index (χ1v) is 7.61. The van der Waals surface area contributed by atoms with E-state index in [-0.39, 0.29) is 6.61 Å². The monoisotopic (exact) mass is 342 g/mol. The van der Waals surface area contributed by atoms with Crippen LogP contribution in [-0.4, -0.2) is 5.11 Å². The molecule has 94 valence electrons. The van der Waals surface area contributed by atoms with E-state index in [0.717, 1.165) is 31.3 Å². The fourth-order valence-electron chi connectivity index (χ4n) is 1.53. The van der Waals surface area contributed by atoms with E-state index >= 15 is 0 Å². The third kappa shape index (κ3) is 3.75. The first-order valence-electron chi connectivity index (χ1n) is 5.45. The van der Waals surface area contributed by atoms with Gasteiger partial charge in [0.05, 0.1) is 6.61 Å². The average Bonchev–Trinajstić information content (AvgIpc) is 2.38. The molecule has 0 fully saturated rings. The normalized spacial score (nSPS) is 10.6. The van der Waals surface area contributed by atoms with Gasteiger partial charge in [0, 0.05) is 20.1 Å². The molecule has 0 aromatic heterocycles. The Hall–Kier alpha value is -0.480. The summed E-state index contributed by atoms with van der Waals surface area (Å²) in [5.74, 6) is 0.820. The van der Waals surface area contributed by atoms with E-state index in [4.69, 9.17) is 16.7 Å². The van der Waals surface area contributed by atoms with Crippen LogP contribution in [0.3, 0.4) is 0 Å². The molecule has 0 saturated carbocycles. The van der Waals surface area contributed by atoms with Gasteiger partial charge in [-0.1, -0.05) is 45.7 Å². The van der Waals surface area contributed by atoms with Crippen molar-refractivity contribution in [3.8, 4) is 0 Å². The van der Waals surface area contributed by atoms with Gasteiger partial charge >= 0.3 is 0 Å². The summed E-state index contributed by atoms with van der Waals surface area (Å²) >= 11 is 11.3. The molecule has 1 nitrogen and oxygen atoms in total. The fraction of sp³-hybridized carbons (Fsp3) is 0.143. The van der Waals surface area contributed by atoms with Crippen molar-refractivity contribution in [2.45, 2.75) is 17.3 Å². The Kier molecular flexibility index (Phi) is 5.13. The summed E-state index contributed by atoms with van der Waals surface area (Å²) in [6.07, 6.45) is 0. The molecule has 0 aliphatic rings. The van der Waals surface area contributed by atoms with Crippen LogP contribution >= 0.6 is 39.3 Å². The number of aliphatic hydroxyl groups excluding tert-OH is 1. The van der Waals surface area contributed by atoms with Crippen LogP contribution in [0.1, 0.15) is 11.1 Å². The Morgan fingerprint density at radius 1 is 1.17 bits per heavy atom. The van der Waals surface area contributed by atoms with E-state index in [9.17, 15) is 0 Å². The maximum atomic E-state index is 9.09. The summed E-state index contributed by atoms with van der Waals surface area (Å²) < 4.78 is 0.989. The standard InChI is InChI=1S/C14H12BrClOS/c15-12-5-4-11(14(16)7-12)9-18-13-3-1-2-10(6-13)8-17/h1-7,17H,8-9H2. The van der Waals surface area contributed by atoms with Gasteiger partial charge in [-0.25, -0.2) is 0 Å². The largest absolute Gasteiger partial charge is 0.392 e. The lowest BCUT2D eigenvalue weighted by molar-refractivity contribution is 0.281. The van der Waals surface area contributed by atoms with Gasteiger partial charge < -0.3 is 5.11 Å². The van der Waals surface area contributed by atoms with E-state index in [1.54, 1.807) is 11.8 Å². The second-order valence-electron chi connectivity index (χ2n) is 3.83. The summed E-state index contributed by atoms with van der Waals surface area (Å²) in [5, 5.41) is 9.86. The lowest BCUT2D eigenvalue weighted by Crippen LogP contribution is -1.85. The maximum Gasteiger partial charge on any atom is 0.0682 e. The molecule has 0 aliphatic carbocycles. The molecule has 0 atom stereocenters. The predicted molar refractivity (Wildman–Crippen MR) is 81.1 cm³/mol. The van der Waals surface area contributed by atoms with Crippen LogP contribution in [0.2, 0.25) is 5.02 Å². The Labute approximate surface area is 124 Å². The summed E-state index contributed by atoms with van der Waals surface area (Å²) in [7, 11) is 0. The number of thioether (sulfide) groups is 1. The molecule has 2 aromatic rings. The topological polar surface area (TPSA) is 20.2 Å². The van der Waals surface area contributed by atoms with Crippen molar-refractivity contribution >= 4 is 39.3 Å². The lowest BCUT2D eigenvalue weighted by Gasteiger charge is -2.06. The molecule has 0 aliphatic heterocycles. The molecule has 1 N–H and O–H groups in total. The zero-order chi connectivity index (χ0) is 13.0. The minimum absolute atomic E-state index is 0.0768. The van der Waals surface area contributed by atoms with E-state index in [2.05, 4.69) is 15.9 Å². The van der Waals surface area contributed by atoms with Crippen LogP contribution in [0, 0.1) is 0 Å². The summed E-state index contributed by atoms with van der Waals surface area (Å²) in [4.78, 5) is 1.14. The van der Waals surface area contributed by atoms with Gasteiger partial charge in [0.15, 0.2) is 0 Å². The van der Waals surface area contributed by atoms with Crippen LogP contribution in [0.25, 0.3) is 0 Å². The van der Waals surface area contributed by atoms with E-state index in [1.165, 1.54) is 0 Å². The molecule has 4 heteroatoms. The van der Waals surface area contributed by atoms with Gasteiger partial charge in [-0.3, -0.25) is 0 Å². The van der Waals surface area contributed by atoms with Crippen LogP contribution in [0.15, 0.2) is 51.8 Å². The highest BCUT2D eigenvalue weighted by Gasteiger charge is 2.03. The zero-order valence-electron chi connectivity index (χ0n) is 9.57. The van der Waals surface area contributed by atoms with E-state index in [0.29, 0.717) is 0 Å². The number of benzene rings is 2. The number of halogens is 2. The number of hydrogen-bond acceptors (Lipinski definition) is 2. The maximum absolute atomic E-state index is 9.09. The quantitative estimate of drug-likeness (QED) is 0.798. The molecular formula is C14H12BrClOS. The third-order valence-electron chi connectivity index (χ3n) is 2.49. The lowest BCUT2D eigenvalue weighted by atomic mass is 10.2. The van der Waals surface area contributed by atoms with Gasteiger partial charge in [0.1, 0.15) is 0 Å². The van der Waals surface area contributed by atoms with Gasteiger partial charge in [-0.15, -0.1) is 11.8 Å². The van der Waals surface area contributed by atoms with Crippen molar-refractivity contribution in [2.75, 3.05) is 0 Å². The van der Waals surface area contributed by atoms with Crippen molar-refractivity contribution in [3.05, 3.63) is 63.1 Å². The summed E-state index contributed by atoms with van der Waals surface area (Å²) in [6, 6.07) is 13.8. The van der Waals surface area contributed by atoms with Crippen molar-refractivity contribution in [1.29, 1.82) is 0 Å². The second-order valence-corrected chi connectivity index (χ2v) is 6.20. The molecule has 18 heavy (non-hydrogen) atoms. The number of aliphatic hydroxyl groups is 1. The first kappa shape index (κ1) is 13.9. The zero-order valence-corrected chi connectivity index (χ0v) is 12.7. The smallest absolute Gasteiger partial charge is 0.0682 e. The third-order valence-corrected chi connectivity index (χ3v) is 4.38. The minimum Gasteiger partial charge on any atom is -0.392 e. The second kappa shape index (κ2) is 6.62. The number of rotatable bonds is 4. The molecule has 0 heterocycles. The van der Waals surface area contributed by atoms with Crippen molar-refractivity contribution in [1.82, 2.24) is 0 Å². The predicted octanol–water partition coefficient (Wildman–Crippen LogP) is 4.89. The number of hydrogen-bond donors (Lipinski definition) is 1.